The SMILES string of the molecule is N[C@]1(C(=O)O)C[C@H](CCB(O)O)CCC1CNCC(F)(F)F. The molecule has 0 aromatic heterocycles. The summed E-state index contributed by atoms with van der Waals surface area (Å²) in [6.07, 6.45) is -2.69. The lowest BCUT2D eigenvalue weighted by Crippen LogP contribution is -2.60. The highest BCUT2D eigenvalue weighted by Crippen LogP contribution is 2.38. The van der Waals surface area contributed by atoms with Crippen molar-refractivity contribution < 1.29 is 33.1 Å². The standard InChI is InChI=1S/C12H22BF3N2O4/c14-12(15,16)7-18-6-9-2-1-8(3-4-13(21)22)5-11(9,17)10(19)20/h8-9,18,21-22H,1-7,17H2,(H,19,20)/t8-,9?,11+/m0/s1. The van der Waals surface area contributed by atoms with Crippen molar-refractivity contribution in [2.45, 2.75) is 43.7 Å². The molecule has 1 unspecified atom stereocenters. The summed E-state index contributed by atoms with van der Waals surface area (Å²) in [7, 11) is -1.46. The number of nitrogens with one attached hydrogen (secondary N) is 1. The molecule has 3 atom stereocenters. The molecule has 6 N–H and O–H groups in total. The van der Waals surface area contributed by atoms with Crippen LogP contribution in [0.15, 0.2) is 0 Å². The lowest BCUT2D eigenvalue weighted by atomic mass is 9.66. The number of rotatable bonds is 7. The zero-order valence-electron chi connectivity index (χ0n) is 12.1. The van der Waals surface area contributed by atoms with Crippen LogP contribution < -0.4 is 11.1 Å². The number of halogens is 3. The van der Waals surface area contributed by atoms with Crippen LogP contribution in [-0.4, -0.2) is 53.0 Å². The van der Waals surface area contributed by atoms with Gasteiger partial charge in [-0.1, -0.05) is 6.42 Å². The number of nitrogens with two attached hydrogens (primary N) is 1. The Balaban J connectivity index is 2.61. The molecule has 0 bridgehead atoms. The van der Waals surface area contributed by atoms with Gasteiger partial charge in [-0.05, 0) is 31.5 Å². The minimum absolute atomic E-state index is 0.0817. The molecular formula is C12H22BF3N2O4. The van der Waals surface area contributed by atoms with Gasteiger partial charge in [0, 0.05) is 12.5 Å². The number of hydrogen-bond donors (Lipinski definition) is 5. The normalized spacial score (nSPS) is 29.4. The number of carboxylic acids is 1. The molecule has 128 valence electrons. The van der Waals surface area contributed by atoms with Gasteiger partial charge in [-0.15, -0.1) is 0 Å². The summed E-state index contributed by atoms with van der Waals surface area (Å²) in [6, 6.07) is 0. The van der Waals surface area contributed by atoms with E-state index in [1.807, 2.05) is 0 Å². The molecule has 1 aliphatic rings. The summed E-state index contributed by atoms with van der Waals surface area (Å²) >= 11 is 0. The van der Waals surface area contributed by atoms with Gasteiger partial charge in [0.2, 0.25) is 0 Å². The van der Waals surface area contributed by atoms with Crippen molar-refractivity contribution in [3.8, 4) is 0 Å². The largest absolute Gasteiger partial charge is 0.480 e. The molecule has 0 aromatic rings. The number of alkyl halides is 3. The Kier molecular flexibility index (Phi) is 6.66. The van der Waals surface area contributed by atoms with Crippen LogP contribution in [0, 0.1) is 11.8 Å². The van der Waals surface area contributed by atoms with Crippen LogP contribution in [0.5, 0.6) is 0 Å². The van der Waals surface area contributed by atoms with Crippen molar-refractivity contribution in [1.82, 2.24) is 5.32 Å². The number of carbonyl (C=O) groups is 1. The first-order chi connectivity index (χ1) is 10.0. The molecule has 1 saturated carbocycles. The van der Waals surface area contributed by atoms with Crippen molar-refractivity contribution in [3.05, 3.63) is 0 Å². The molecule has 0 amide bonds. The smallest absolute Gasteiger partial charge is 0.451 e. The average Bonchev–Trinajstić information content (AvgIpc) is 2.37. The highest BCUT2D eigenvalue weighted by atomic mass is 19.4. The second-order valence-corrected chi connectivity index (χ2v) is 5.99. The van der Waals surface area contributed by atoms with Gasteiger partial charge < -0.3 is 26.2 Å². The lowest BCUT2D eigenvalue weighted by molar-refractivity contribution is -0.148. The van der Waals surface area contributed by atoms with E-state index in [9.17, 15) is 23.1 Å². The molecule has 10 heteroatoms. The molecule has 0 spiro atoms. The highest BCUT2D eigenvalue weighted by molar-refractivity contribution is 6.40. The Hall–Kier alpha value is -0.835. The molecule has 0 heterocycles. The molecule has 1 aliphatic carbocycles. The summed E-state index contributed by atoms with van der Waals surface area (Å²) in [4.78, 5) is 11.5. The minimum atomic E-state index is -4.35. The molecule has 1 fully saturated rings. The van der Waals surface area contributed by atoms with Crippen LogP contribution in [0.2, 0.25) is 6.32 Å². The first kappa shape index (κ1) is 19.2. The fourth-order valence-electron chi connectivity index (χ4n) is 3.01. The van der Waals surface area contributed by atoms with E-state index in [1.165, 1.54) is 0 Å². The fraction of sp³-hybridized carbons (Fsp3) is 0.917. The van der Waals surface area contributed by atoms with E-state index >= 15 is 0 Å². The van der Waals surface area contributed by atoms with Crippen molar-refractivity contribution in [1.29, 1.82) is 0 Å². The topological polar surface area (TPSA) is 116 Å². The van der Waals surface area contributed by atoms with Gasteiger partial charge in [-0.2, -0.15) is 13.2 Å². The first-order valence-corrected chi connectivity index (χ1v) is 7.20. The Morgan fingerprint density at radius 2 is 2.00 bits per heavy atom. The third-order valence-electron chi connectivity index (χ3n) is 4.23. The van der Waals surface area contributed by atoms with Crippen molar-refractivity contribution in [2.24, 2.45) is 17.6 Å². The second-order valence-electron chi connectivity index (χ2n) is 5.99. The zero-order chi connectivity index (χ0) is 17.0. The second kappa shape index (κ2) is 7.63. The van der Waals surface area contributed by atoms with Gasteiger partial charge in [0.25, 0.3) is 0 Å². The third-order valence-corrected chi connectivity index (χ3v) is 4.23. The number of carboxylic acid groups (broad SMARTS) is 1. The van der Waals surface area contributed by atoms with Crippen molar-refractivity contribution in [2.75, 3.05) is 13.1 Å². The van der Waals surface area contributed by atoms with Crippen LogP contribution in [0.25, 0.3) is 0 Å². The van der Waals surface area contributed by atoms with Crippen molar-refractivity contribution in [3.63, 3.8) is 0 Å². The number of hydrogen-bond acceptors (Lipinski definition) is 5. The monoisotopic (exact) mass is 326 g/mol. The van der Waals surface area contributed by atoms with E-state index in [2.05, 4.69) is 5.32 Å². The van der Waals surface area contributed by atoms with Gasteiger partial charge >= 0.3 is 19.3 Å². The summed E-state index contributed by atoms with van der Waals surface area (Å²) in [5.41, 5.74) is 4.35. The van der Waals surface area contributed by atoms with E-state index in [-0.39, 0.29) is 25.2 Å². The summed E-state index contributed by atoms with van der Waals surface area (Å²) < 4.78 is 36.4. The molecule has 0 saturated heterocycles. The summed E-state index contributed by atoms with van der Waals surface area (Å²) in [6.45, 7) is -1.29. The summed E-state index contributed by atoms with van der Waals surface area (Å²) in [5.74, 6) is -1.91. The van der Waals surface area contributed by atoms with E-state index in [0.29, 0.717) is 19.3 Å². The first-order valence-electron chi connectivity index (χ1n) is 7.20. The fourth-order valence-corrected chi connectivity index (χ4v) is 3.01. The van der Waals surface area contributed by atoms with E-state index in [0.717, 1.165) is 0 Å². The average molecular weight is 326 g/mol. The molecule has 0 radical (unpaired) electrons. The third kappa shape index (κ3) is 5.75. The van der Waals surface area contributed by atoms with Crippen LogP contribution in [0.4, 0.5) is 13.2 Å². The quantitative estimate of drug-likeness (QED) is 0.427. The van der Waals surface area contributed by atoms with Gasteiger partial charge in [0.15, 0.2) is 0 Å². The van der Waals surface area contributed by atoms with Crippen LogP contribution in [-0.2, 0) is 4.79 Å². The maximum Gasteiger partial charge on any atom is 0.451 e. The molecule has 0 aromatic carbocycles. The van der Waals surface area contributed by atoms with Gasteiger partial charge in [0.05, 0.1) is 6.54 Å². The van der Waals surface area contributed by atoms with E-state index in [4.69, 9.17) is 15.8 Å². The predicted molar refractivity (Wildman–Crippen MR) is 73.9 cm³/mol. The Labute approximate surface area is 127 Å². The number of aliphatic carboxylic acids is 1. The minimum Gasteiger partial charge on any atom is -0.480 e. The maximum absolute atomic E-state index is 12.1. The maximum atomic E-state index is 12.1. The molecule has 1 rings (SSSR count). The Morgan fingerprint density at radius 1 is 1.36 bits per heavy atom. The van der Waals surface area contributed by atoms with Gasteiger partial charge in [0.1, 0.15) is 5.54 Å². The zero-order valence-corrected chi connectivity index (χ0v) is 12.1. The summed E-state index contributed by atoms with van der Waals surface area (Å²) in [5, 5.41) is 29.3. The van der Waals surface area contributed by atoms with E-state index in [1.54, 1.807) is 0 Å². The van der Waals surface area contributed by atoms with Crippen molar-refractivity contribution >= 4 is 13.1 Å². The van der Waals surface area contributed by atoms with E-state index < -0.39 is 37.3 Å². The van der Waals surface area contributed by atoms with Crippen LogP contribution in [0.1, 0.15) is 25.7 Å². The Morgan fingerprint density at radius 3 is 2.50 bits per heavy atom. The Bertz CT molecular complexity index is 384. The molecule has 6 nitrogen and oxygen atoms in total. The van der Waals surface area contributed by atoms with Crippen LogP contribution in [0.3, 0.4) is 0 Å². The molecular weight excluding hydrogens is 304 g/mol. The predicted octanol–water partition coefficient (Wildman–Crippen LogP) is 0.200. The molecule has 0 aliphatic heterocycles. The lowest BCUT2D eigenvalue weighted by Gasteiger charge is -2.41. The molecule has 22 heavy (non-hydrogen) atoms. The van der Waals surface area contributed by atoms with Gasteiger partial charge in [-0.25, -0.2) is 0 Å². The van der Waals surface area contributed by atoms with Crippen LogP contribution >= 0.6 is 0 Å². The highest BCUT2D eigenvalue weighted by Gasteiger charge is 2.46. The van der Waals surface area contributed by atoms with Gasteiger partial charge in [-0.3, -0.25) is 4.79 Å².